The van der Waals surface area contributed by atoms with Crippen LogP contribution in [0.4, 0.5) is 5.82 Å². The summed E-state index contributed by atoms with van der Waals surface area (Å²) in [7, 11) is 2.03. The fourth-order valence-corrected chi connectivity index (χ4v) is 5.89. The number of carbonyl (C=O) groups excluding carboxylic acids is 1. The van der Waals surface area contributed by atoms with E-state index in [4.69, 9.17) is 24.7 Å². The van der Waals surface area contributed by atoms with Crippen molar-refractivity contribution >= 4 is 33.9 Å². The molecule has 0 N–H and O–H groups in total. The van der Waals surface area contributed by atoms with Crippen molar-refractivity contribution in [1.82, 2.24) is 38.9 Å². The summed E-state index contributed by atoms with van der Waals surface area (Å²) in [5.41, 5.74) is 3.51. The maximum atomic E-state index is 12.8. The first-order valence-electron chi connectivity index (χ1n) is 13.6. The molecule has 0 bridgehead atoms. The van der Waals surface area contributed by atoms with Crippen molar-refractivity contribution < 1.29 is 9.53 Å². The Morgan fingerprint density at radius 2 is 1.84 bits per heavy atom. The van der Waals surface area contributed by atoms with E-state index >= 15 is 0 Å². The zero-order chi connectivity index (χ0) is 25.8. The number of anilines is 1. The van der Waals surface area contributed by atoms with Crippen molar-refractivity contribution in [2.45, 2.75) is 26.3 Å². The minimum absolute atomic E-state index is 0.0952. The smallest absolute Gasteiger partial charge is 0.239 e. The molecule has 0 aliphatic carbocycles. The van der Waals surface area contributed by atoms with Crippen molar-refractivity contribution in [3.05, 3.63) is 35.9 Å². The van der Waals surface area contributed by atoms with Crippen molar-refractivity contribution in [3.8, 4) is 5.95 Å². The number of imidazole rings is 2. The molecule has 1 atom stereocenters. The predicted octanol–water partition coefficient (Wildman–Crippen LogP) is 1.90. The Kier molecular flexibility index (Phi) is 5.77. The van der Waals surface area contributed by atoms with Gasteiger partial charge >= 0.3 is 0 Å². The van der Waals surface area contributed by atoms with E-state index in [1.165, 1.54) is 0 Å². The summed E-state index contributed by atoms with van der Waals surface area (Å²) in [6.45, 7) is 9.02. The Labute approximate surface area is 221 Å². The highest BCUT2D eigenvalue weighted by Gasteiger charge is 2.34. The van der Waals surface area contributed by atoms with Gasteiger partial charge in [-0.1, -0.05) is 12.1 Å². The zero-order valence-corrected chi connectivity index (χ0v) is 22.0. The number of amides is 1. The first kappa shape index (κ1) is 23.5. The van der Waals surface area contributed by atoms with E-state index < -0.39 is 0 Å². The molecule has 11 nitrogen and oxygen atoms in total. The summed E-state index contributed by atoms with van der Waals surface area (Å²) in [4.78, 5) is 39.3. The van der Waals surface area contributed by atoms with Gasteiger partial charge in [0, 0.05) is 39.8 Å². The van der Waals surface area contributed by atoms with E-state index in [0.717, 1.165) is 91.8 Å². The van der Waals surface area contributed by atoms with Crippen LogP contribution in [0, 0.1) is 12.8 Å². The normalized spacial score (nSPS) is 20.5. The largest absolute Gasteiger partial charge is 0.378 e. The Morgan fingerprint density at radius 3 is 2.63 bits per heavy atom. The summed E-state index contributed by atoms with van der Waals surface area (Å²) in [6, 6.07) is 8.07. The van der Waals surface area contributed by atoms with Crippen LogP contribution in [0.1, 0.15) is 24.5 Å². The van der Waals surface area contributed by atoms with Gasteiger partial charge in [0.25, 0.3) is 0 Å². The number of carbonyl (C=O) groups is 1. The molecule has 3 saturated heterocycles. The number of hydrogen-bond acceptors (Lipinski definition) is 8. The second-order valence-corrected chi connectivity index (χ2v) is 10.6. The van der Waals surface area contributed by atoms with Crippen LogP contribution >= 0.6 is 0 Å². The Morgan fingerprint density at radius 1 is 1.03 bits per heavy atom. The van der Waals surface area contributed by atoms with Crippen LogP contribution in [-0.4, -0.2) is 97.3 Å². The fourth-order valence-electron chi connectivity index (χ4n) is 5.89. The predicted molar refractivity (Wildman–Crippen MR) is 143 cm³/mol. The highest BCUT2D eigenvalue weighted by atomic mass is 16.5. The van der Waals surface area contributed by atoms with Gasteiger partial charge in [-0.3, -0.25) is 14.3 Å². The molecule has 1 amide bonds. The Hall–Kier alpha value is -3.57. The van der Waals surface area contributed by atoms with Crippen molar-refractivity contribution in [2.75, 3.05) is 57.4 Å². The van der Waals surface area contributed by atoms with Crippen molar-refractivity contribution in [2.24, 2.45) is 13.0 Å². The van der Waals surface area contributed by atoms with Gasteiger partial charge in [0.1, 0.15) is 11.6 Å². The number of aromatic nitrogens is 6. The number of likely N-dealkylation sites (tertiary alicyclic amines) is 2. The fraction of sp³-hybridized carbons (Fsp3) is 0.519. The van der Waals surface area contributed by atoms with Gasteiger partial charge in [0.2, 0.25) is 11.9 Å². The van der Waals surface area contributed by atoms with Crippen LogP contribution in [-0.2, 0) is 23.1 Å². The second kappa shape index (κ2) is 9.32. The number of ether oxygens (including phenoxy) is 1. The average molecular weight is 516 g/mol. The first-order chi connectivity index (χ1) is 18.6. The number of rotatable bonds is 5. The third-order valence-electron chi connectivity index (χ3n) is 8.17. The van der Waals surface area contributed by atoms with E-state index in [1.54, 1.807) is 0 Å². The van der Waals surface area contributed by atoms with Gasteiger partial charge < -0.3 is 19.1 Å². The van der Waals surface area contributed by atoms with E-state index in [1.807, 2.05) is 41.6 Å². The molecule has 0 radical (unpaired) electrons. The third kappa shape index (κ3) is 3.92. The van der Waals surface area contributed by atoms with E-state index in [9.17, 15) is 4.79 Å². The number of benzene rings is 1. The summed E-state index contributed by atoms with van der Waals surface area (Å²) >= 11 is 0. The molecule has 3 aliphatic heterocycles. The zero-order valence-electron chi connectivity index (χ0n) is 22.0. The molecule has 38 heavy (non-hydrogen) atoms. The third-order valence-corrected chi connectivity index (χ3v) is 8.17. The van der Waals surface area contributed by atoms with Gasteiger partial charge in [-0.2, -0.15) is 9.97 Å². The monoisotopic (exact) mass is 515 g/mol. The second-order valence-electron chi connectivity index (χ2n) is 10.6. The Bertz CT molecular complexity index is 1520. The number of fused-ring (bicyclic) bond motifs is 2. The van der Waals surface area contributed by atoms with Crippen molar-refractivity contribution in [1.29, 1.82) is 0 Å². The molecule has 11 heteroatoms. The summed E-state index contributed by atoms with van der Waals surface area (Å²) in [5, 5.41) is 0. The lowest BCUT2D eigenvalue weighted by Gasteiger charge is -2.33. The molecule has 198 valence electrons. The molecule has 1 aromatic carbocycles. The van der Waals surface area contributed by atoms with E-state index in [-0.39, 0.29) is 5.92 Å². The molecule has 4 aromatic rings. The average Bonchev–Trinajstić information content (AvgIpc) is 3.59. The minimum atomic E-state index is 0.0952. The number of aryl methyl sites for hydroxylation is 2. The molecular weight excluding hydrogens is 482 g/mol. The molecule has 0 spiro atoms. The van der Waals surface area contributed by atoms with Crippen LogP contribution in [0.2, 0.25) is 0 Å². The van der Waals surface area contributed by atoms with Crippen LogP contribution in [0.5, 0.6) is 0 Å². The van der Waals surface area contributed by atoms with Crippen LogP contribution < -0.4 is 4.90 Å². The highest BCUT2D eigenvalue weighted by Crippen LogP contribution is 2.29. The summed E-state index contributed by atoms with van der Waals surface area (Å²) < 4.78 is 9.74. The molecule has 7 rings (SSSR count). The SMILES string of the molecule is Cc1nc2ccccc2n1-c1nc(N2CCOCC2)c2nc(CN3CCC(C(=O)N4CCC4)C3)n(C)c2n1. The van der Waals surface area contributed by atoms with Crippen LogP contribution in [0.3, 0.4) is 0 Å². The highest BCUT2D eigenvalue weighted by molar-refractivity contribution is 5.86. The van der Waals surface area contributed by atoms with Crippen molar-refractivity contribution in [3.63, 3.8) is 0 Å². The van der Waals surface area contributed by atoms with E-state index in [0.29, 0.717) is 31.6 Å². The van der Waals surface area contributed by atoms with Crippen LogP contribution in [0.25, 0.3) is 28.1 Å². The maximum absolute atomic E-state index is 12.8. The van der Waals surface area contributed by atoms with E-state index in [2.05, 4.69) is 20.4 Å². The maximum Gasteiger partial charge on any atom is 0.239 e. The molecule has 0 saturated carbocycles. The van der Waals surface area contributed by atoms with Gasteiger partial charge in [0.05, 0.1) is 36.7 Å². The molecule has 3 aromatic heterocycles. The van der Waals surface area contributed by atoms with Gasteiger partial charge in [0.15, 0.2) is 17.0 Å². The number of morpholine rings is 1. The molecule has 3 fully saturated rings. The Balaban J connectivity index is 1.27. The molecule has 3 aliphatic rings. The first-order valence-corrected chi connectivity index (χ1v) is 13.6. The molecule has 1 unspecified atom stereocenters. The lowest BCUT2D eigenvalue weighted by atomic mass is 10.1. The van der Waals surface area contributed by atoms with Gasteiger partial charge in [-0.05, 0) is 38.4 Å². The molecule has 6 heterocycles. The summed E-state index contributed by atoms with van der Waals surface area (Å²) in [5.74, 6) is 3.62. The topological polar surface area (TPSA) is 97.4 Å². The van der Waals surface area contributed by atoms with Gasteiger partial charge in [-0.15, -0.1) is 0 Å². The number of nitrogens with zero attached hydrogens (tertiary/aromatic N) is 9. The lowest BCUT2D eigenvalue weighted by Crippen LogP contribution is -2.45. The lowest BCUT2D eigenvalue weighted by molar-refractivity contribution is -0.138. The summed E-state index contributed by atoms with van der Waals surface area (Å²) in [6.07, 6.45) is 2.04. The molecular formula is C27H33N9O2. The number of para-hydroxylation sites is 2. The number of hydrogen-bond donors (Lipinski definition) is 0. The quantitative estimate of drug-likeness (QED) is 0.398. The minimum Gasteiger partial charge on any atom is -0.378 e. The van der Waals surface area contributed by atoms with Crippen LogP contribution in [0.15, 0.2) is 24.3 Å². The standard InChI is InChI=1S/C27H33N9O2/c1-18-28-20-6-3-4-7-21(20)36(18)27-30-24-23(25(31-27)34-12-14-38-15-13-34)29-22(32(24)2)17-33-11-8-19(16-33)26(37)35-9-5-10-35/h3-4,6-7,19H,5,8-17H2,1-2H3. The van der Waals surface area contributed by atoms with Gasteiger partial charge in [-0.25, -0.2) is 9.97 Å².